The second kappa shape index (κ2) is 5.44. The third-order valence-corrected chi connectivity index (χ3v) is 4.24. The van der Waals surface area contributed by atoms with Crippen molar-refractivity contribution in [2.75, 3.05) is 0 Å². The Bertz CT molecular complexity index is 387. The quantitative estimate of drug-likeness (QED) is 0.549. The van der Waals surface area contributed by atoms with Gasteiger partial charge in [-0.2, -0.15) is 0 Å². The van der Waals surface area contributed by atoms with Crippen molar-refractivity contribution < 1.29 is 4.79 Å². The number of allylic oxidation sites excluding steroid dienone is 2. The van der Waals surface area contributed by atoms with Crippen molar-refractivity contribution in [1.29, 1.82) is 0 Å². The van der Waals surface area contributed by atoms with Crippen LogP contribution in [0.15, 0.2) is 28.7 Å². The van der Waals surface area contributed by atoms with Gasteiger partial charge in [-0.25, -0.2) is 0 Å². The molecule has 2 heteroatoms. The maximum atomic E-state index is 11.8. The SMILES string of the molecule is CC1=C(CCC(=O)c2cccs2)CCCC1. The topological polar surface area (TPSA) is 17.1 Å². The van der Waals surface area contributed by atoms with Crippen LogP contribution in [0.5, 0.6) is 0 Å². The molecule has 0 radical (unpaired) electrons. The van der Waals surface area contributed by atoms with Gasteiger partial charge in [-0.1, -0.05) is 17.2 Å². The Morgan fingerprint density at radius 3 is 2.88 bits per heavy atom. The molecule has 1 nitrogen and oxygen atoms in total. The lowest BCUT2D eigenvalue weighted by Gasteiger charge is -2.17. The maximum Gasteiger partial charge on any atom is 0.173 e. The molecule has 1 heterocycles. The van der Waals surface area contributed by atoms with E-state index in [9.17, 15) is 4.79 Å². The molecule has 0 atom stereocenters. The third kappa shape index (κ3) is 2.82. The van der Waals surface area contributed by atoms with Crippen molar-refractivity contribution in [3.05, 3.63) is 33.5 Å². The van der Waals surface area contributed by atoms with E-state index in [0.717, 1.165) is 11.3 Å². The fourth-order valence-corrected chi connectivity index (χ4v) is 2.98. The Kier molecular flexibility index (Phi) is 3.94. The van der Waals surface area contributed by atoms with Gasteiger partial charge in [0, 0.05) is 6.42 Å². The molecule has 0 bridgehead atoms. The summed E-state index contributed by atoms with van der Waals surface area (Å²) in [5.74, 6) is 0.306. The van der Waals surface area contributed by atoms with Gasteiger partial charge in [-0.15, -0.1) is 11.3 Å². The summed E-state index contributed by atoms with van der Waals surface area (Å²) in [5, 5.41) is 1.97. The van der Waals surface area contributed by atoms with Gasteiger partial charge in [-0.05, 0) is 50.5 Å². The van der Waals surface area contributed by atoms with Crippen LogP contribution in [0.3, 0.4) is 0 Å². The Labute approximate surface area is 101 Å². The zero-order chi connectivity index (χ0) is 11.4. The van der Waals surface area contributed by atoms with Crippen LogP contribution in [0, 0.1) is 0 Å². The minimum absolute atomic E-state index is 0.306. The fourth-order valence-electron chi connectivity index (χ4n) is 2.28. The predicted octanol–water partition coefficient (Wildman–Crippen LogP) is 4.60. The third-order valence-electron chi connectivity index (χ3n) is 3.33. The molecule has 0 aliphatic heterocycles. The summed E-state index contributed by atoms with van der Waals surface area (Å²) in [7, 11) is 0. The first-order chi connectivity index (χ1) is 7.77. The van der Waals surface area contributed by atoms with Crippen LogP contribution in [0.4, 0.5) is 0 Å². The van der Waals surface area contributed by atoms with Gasteiger partial charge in [0.2, 0.25) is 0 Å². The van der Waals surface area contributed by atoms with Gasteiger partial charge in [-0.3, -0.25) is 4.79 Å². The van der Waals surface area contributed by atoms with Gasteiger partial charge in [0.15, 0.2) is 5.78 Å². The molecule has 0 N–H and O–H groups in total. The van der Waals surface area contributed by atoms with Crippen LogP contribution in [0.2, 0.25) is 0 Å². The average Bonchev–Trinajstić information content (AvgIpc) is 2.81. The van der Waals surface area contributed by atoms with E-state index in [-0.39, 0.29) is 0 Å². The molecular formula is C14H18OS. The van der Waals surface area contributed by atoms with Crippen LogP contribution in [0.25, 0.3) is 0 Å². The Hall–Kier alpha value is -0.890. The molecule has 1 aliphatic rings. The monoisotopic (exact) mass is 234 g/mol. The van der Waals surface area contributed by atoms with E-state index in [4.69, 9.17) is 0 Å². The summed E-state index contributed by atoms with van der Waals surface area (Å²) in [6, 6.07) is 3.87. The van der Waals surface area contributed by atoms with Gasteiger partial charge >= 0.3 is 0 Å². The summed E-state index contributed by atoms with van der Waals surface area (Å²) in [6.07, 6.45) is 6.75. The molecule has 0 unspecified atom stereocenters. The molecule has 0 saturated carbocycles. The molecule has 1 aromatic rings. The number of thiophene rings is 1. The van der Waals surface area contributed by atoms with E-state index in [1.54, 1.807) is 11.3 Å². The second-order valence-corrected chi connectivity index (χ2v) is 5.44. The van der Waals surface area contributed by atoms with Crippen LogP contribution in [-0.2, 0) is 0 Å². The second-order valence-electron chi connectivity index (χ2n) is 4.49. The molecule has 16 heavy (non-hydrogen) atoms. The Balaban J connectivity index is 1.90. The van der Waals surface area contributed by atoms with E-state index in [1.165, 1.54) is 36.8 Å². The molecule has 86 valence electrons. The summed E-state index contributed by atoms with van der Waals surface area (Å²) in [4.78, 5) is 12.8. The normalized spacial score (nSPS) is 16.6. The zero-order valence-electron chi connectivity index (χ0n) is 9.79. The number of Topliss-reactive ketones (excluding diaryl/α,β-unsaturated/α-hetero) is 1. The number of carbonyl (C=O) groups is 1. The molecule has 0 fully saturated rings. The first kappa shape index (κ1) is 11.6. The lowest BCUT2D eigenvalue weighted by molar-refractivity contribution is 0.0986. The van der Waals surface area contributed by atoms with Crippen molar-refractivity contribution in [3.8, 4) is 0 Å². The van der Waals surface area contributed by atoms with Gasteiger partial charge in [0.1, 0.15) is 0 Å². The van der Waals surface area contributed by atoms with Crippen molar-refractivity contribution in [2.24, 2.45) is 0 Å². The molecule has 1 aromatic heterocycles. The summed E-state index contributed by atoms with van der Waals surface area (Å²) in [5.41, 5.74) is 3.07. The van der Waals surface area contributed by atoms with E-state index in [2.05, 4.69) is 6.92 Å². The van der Waals surface area contributed by atoms with Crippen molar-refractivity contribution >= 4 is 17.1 Å². The summed E-state index contributed by atoms with van der Waals surface area (Å²) in [6.45, 7) is 2.23. The van der Waals surface area contributed by atoms with Gasteiger partial charge in [0.05, 0.1) is 4.88 Å². The standard InChI is InChI=1S/C14H18OS/c1-11-5-2-3-6-12(11)8-9-13(15)14-7-4-10-16-14/h4,7,10H,2-3,5-6,8-9H2,1H3. The highest BCUT2D eigenvalue weighted by atomic mass is 32.1. The zero-order valence-corrected chi connectivity index (χ0v) is 10.6. The minimum atomic E-state index is 0.306. The number of rotatable bonds is 4. The average molecular weight is 234 g/mol. The first-order valence-corrected chi connectivity index (χ1v) is 6.89. The van der Waals surface area contributed by atoms with Gasteiger partial charge in [0.25, 0.3) is 0 Å². The fraction of sp³-hybridized carbons (Fsp3) is 0.500. The summed E-state index contributed by atoms with van der Waals surface area (Å²) < 4.78 is 0. The largest absolute Gasteiger partial charge is 0.293 e. The van der Waals surface area contributed by atoms with Gasteiger partial charge < -0.3 is 0 Å². The lowest BCUT2D eigenvalue weighted by Crippen LogP contribution is -2.01. The lowest BCUT2D eigenvalue weighted by atomic mass is 9.89. The van der Waals surface area contributed by atoms with Crippen molar-refractivity contribution in [1.82, 2.24) is 0 Å². The van der Waals surface area contributed by atoms with E-state index in [1.807, 2.05) is 17.5 Å². The van der Waals surface area contributed by atoms with E-state index in [0.29, 0.717) is 12.2 Å². The summed E-state index contributed by atoms with van der Waals surface area (Å²) >= 11 is 1.55. The molecule has 0 spiro atoms. The molecular weight excluding hydrogens is 216 g/mol. The highest BCUT2D eigenvalue weighted by molar-refractivity contribution is 7.12. The Morgan fingerprint density at radius 1 is 1.38 bits per heavy atom. The van der Waals surface area contributed by atoms with Crippen molar-refractivity contribution in [3.63, 3.8) is 0 Å². The van der Waals surface area contributed by atoms with Crippen molar-refractivity contribution in [2.45, 2.75) is 45.4 Å². The smallest absolute Gasteiger partial charge is 0.173 e. The number of hydrogen-bond donors (Lipinski definition) is 0. The predicted molar refractivity (Wildman–Crippen MR) is 69.1 cm³/mol. The molecule has 2 rings (SSSR count). The van der Waals surface area contributed by atoms with E-state index >= 15 is 0 Å². The van der Waals surface area contributed by atoms with Crippen LogP contribution >= 0.6 is 11.3 Å². The molecule has 0 amide bonds. The first-order valence-electron chi connectivity index (χ1n) is 6.01. The van der Waals surface area contributed by atoms with Crippen LogP contribution in [0.1, 0.15) is 55.1 Å². The number of ketones is 1. The van der Waals surface area contributed by atoms with Crippen LogP contribution in [-0.4, -0.2) is 5.78 Å². The highest BCUT2D eigenvalue weighted by Gasteiger charge is 2.12. The number of hydrogen-bond acceptors (Lipinski definition) is 2. The maximum absolute atomic E-state index is 11.8. The minimum Gasteiger partial charge on any atom is -0.293 e. The molecule has 0 aromatic carbocycles. The van der Waals surface area contributed by atoms with Crippen LogP contribution < -0.4 is 0 Å². The molecule has 0 saturated heterocycles. The molecule has 1 aliphatic carbocycles. The van der Waals surface area contributed by atoms with E-state index < -0.39 is 0 Å². The Morgan fingerprint density at radius 2 is 2.19 bits per heavy atom. The highest BCUT2D eigenvalue weighted by Crippen LogP contribution is 2.28. The number of carbonyl (C=O) groups excluding carboxylic acids is 1.